The Morgan fingerprint density at radius 1 is 1.10 bits per heavy atom. The molecule has 0 radical (unpaired) electrons. The molecule has 0 saturated carbocycles. The summed E-state index contributed by atoms with van der Waals surface area (Å²) in [5, 5.41) is 6.07. The van der Waals surface area contributed by atoms with Gasteiger partial charge in [-0.1, -0.05) is 28.1 Å². The largest absolute Gasteiger partial charge is 0.374 e. The first-order valence-electron chi connectivity index (χ1n) is 6.44. The second-order valence-corrected chi connectivity index (χ2v) is 5.65. The highest BCUT2D eigenvalue weighted by atomic mass is 79.9. The van der Waals surface area contributed by atoms with E-state index in [2.05, 4.69) is 26.6 Å². The summed E-state index contributed by atoms with van der Waals surface area (Å²) < 4.78 is 0.987. The molecule has 1 amide bonds. The molecular formula is C16H17BrN2O. The molecule has 2 rings (SSSR count). The van der Waals surface area contributed by atoms with Gasteiger partial charge in [0.15, 0.2) is 0 Å². The summed E-state index contributed by atoms with van der Waals surface area (Å²) in [5.74, 6) is -0.0613. The lowest BCUT2D eigenvalue weighted by Gasteiger charge is -2.15. The van der Waals surface area contributed by atoms with Gasteiger partial charge in [0.2, 0.25) is 5.91 Å². The van der Waals surface area contributed by atoms with Crippen molar-refractivity contribution in [1.29, 1.82) is 0 Å². The summed E-state index contributed by atoms with van der Waals surface area (Å²) in [7, 11) is 0. The maximum absolute atomic E-state index is 12.1. The fraction of sp³-hybridized carbons (Fsp3) is 0.188. The zero-order valence-corrected chi connectivity index (χ0v) is 13.1. The van der Waals surface area contributed by atoms with E-state index in [0.717, 1.165) is 21.4 Å². The zero-order valence-electron chi connectivity index (χ0n) is 11.5. The normalized spacial score (nSPS) is 11.8. The van der Waals surface area contributed by atoms with Crippen LogP contribution in [0.5, 0.6) is 0 Å². The number of aryl methyl sites for hydroxylation is 1. The van der Waals surface area contributed by atoms with Crippen molar-refractivity contribution in [2.45, 2.75) is 19.9 Å². The lowest BCUT2D eigenvalue weighted by atomic mass is 10.2. The fourth-order valence-electron chi connectivity index (χ4n) is 1.83. The van der Waals surface area contributed by atoms with Crippen molar-refractivity contribution >= 4 is 33.2 Å². The summed E-state index contributed by atoms with van der Waals surface area (Å²) in [5.41, 5.74) is 2.90. The molecule has 0 aromatic heterocycles. The van der Waals surface area contributed by atoms with Crippen LogP contribution in [0.3, 0.4) is 0 Å². The second-order valence-electron chi connectivity index (χ2n) is 4.73. The van der Waals surface area contributed by atoms with Gasteiger partial charge in [0.05, 0.1) is 0 Å². The maximum Gasteiger partial charge on any atom is 0.246 e. The van der Waals surface area contributed by atoms with Gasteiger partial charge in [0.25, 0.3) is 0 Å². The number of carbonyl (C=O) groups excluding carboxylic acids is 1. The lowest BCUT2D eigenvalue weighted by Crippen LogP contribution is -2.31. The number of halogens is 1. The molecule has 2 aromatic carbocycles. The molecule has 0 unspecified atom stereocenters. The van der Waals surface area contributed by atoms with Gasteiger partial charge >= 0.3 is 0 Å². The Balaban J connectivity index is 1.96. The molecule has 0 spiro atoms. The average Bonchev–Trinajstić information content (AvgIpc) is 2.41. The number of benzene rings is 2. The molecule has 0 fully saturated rings. The molecule has 1 atom stereocenters. The summed E-state index contributed by atoms with van der Waals surface area (Å²) in [4.78, 5) is 12.1. The molecule has 20 heavy (non-hydrogen) atoms. The first-order valence-corrected chi connectivity index (χ1v) is 7.23. The lowest BCUT2D eigenvalue weighted by molar-refractivity contribution is -0.116. The molecule has 0 saturated heterocycles. The summed E-state index contributed by atoms with van der Waals surface area (Å²) >= 11 is 3.37. The average molecular weight is 333 g/mol. The minimum Gasteiger partial charge on any atom is -0.374 e. The Bertz CT molecular complexity index is 596. The minimum absolute atomic E-state index is 0.0613. The van der Waals surface area contributed by atoms with Crippen molar-refractivity contribution in [1.82, 2.24) is 0 Å². The van der Waals surface area contributed by atoms with Crippen LogP contribution in [0.25, 0.3) is 0 Å². The van der Waals surface area contributed by atoms with E-state index >= 15 is 0 Å². The molecule has 2 aromatic rings. The Morgan fingerprint density at radius 3 is 2.45 bits per heavy atom. The number of amides is 1. The van der Waals surface area contributed by atoms with Crippen LogP contribution in [0.2, 0.25) is 0 Å². The molecule has 4 heteroatoms. The van der Waals surface area contributed by atoms with Crippen molar-refractivity contribution < 1.29 is 4.79 Å². The number of nitrogens with one attached hydrogen (secondary N) is 2. The van der Waals surface area contributed by atoms with Crippen LogP contribution < -0.4 is 10.6 Å². The van der Waals surface area contributed by atoms with Gasteiger partial charge in [-0.15, -0.1) is 0 Å². The van der Waals surface area contributed by atoms with Gasteiger partial charge in [0, 0.05) is 15.8 Å². The number of hydrogen-bond donors (Lipinski definition) is 2. The van der Waals surface area contributed by atoms with Crippen LogP contribution in [0.4, 0.5) is 11.4 Å². The van der Waals surface area contributed by atoms with Gasteiger partial charge in [-0.25, -0.2) is 0 Å². The Labute approximate surface area is 127 Å². The zero-order chi connectivity index (χ0) is 14.5. The van der Waals surface area contributed by atoms with Crippen LogP contribution in [-0.4, -0.2) is 11.9 Å². The van der Waals surface area contributed by atoms with E-state index in [0.29, 0.717) is 0 Å². The summed E-state index contributed by atoms with van der Waals surface area (Å²) in [6, 6.07) is 15.2. The molecule has 0 aliphatic heterocycles. The van der Waals surface area contributed by atoms with E-state index in [-0.39, 0.29) is 11.9 Å². The van der Waals surface area contributed by atoms with Gasteiger partial charge < -0.3 is 10.6 Å². The van der Waals surface area contributed by atoms with Crippen LogP contribution in [0.15, 0.2) is 53.0 Å². The van der Waals surface area contributed by atoms with Gasteiger partial charge in [-0.05, 0) is 55.8 Å². The van der Waals surface area contributed by atoms with E-state index < -0.39 is 0 Å². The van der Waals surface area contributed by atoms with Crippen LogP contribution in [0.1, 0.15) is 12.5 Å². The minimum atomic E-state index is -0.305. The smallest absolute Gasteiger partial charge is 0.246 e. The van der Waals surface area contributed by atoms with E-state index in [4.69, 9.17) is 0 Å². The van der Waals surface area contributed by atoms with Crippen LogP contribution in [-0.2, 0) is 4.79 Å². The fourth-order valence-corrected chi connectivity index (χ4v) is 2.10. The molecule has 3 nitrogen and oxygen atoms in total. The standard InChI is InChI=1S/C16H17BrN2O/c1-11-4-3-5-15(10-11)18-12(2)16(20)19-14-8-6-13(17)7-9-14/h3-10,12,18H,1-2H3,(H,19,20)/t12-/m1/s1. The highest BCUT2D eigenvalue weighted by Crippen LogP contribution is 2.15. The molecule has 104 valence electrons. The predicted molar refractivity (Wildman–Crippen MR) is 87.0 cm³/mol. The number of carbonyl (C=O) groups is 1. The Morgan fingerprint density at radius 2 is 1.80 bits per heavy atom. The van der Waals surface area contributed by atoms with Crippen LogP contribution in [0, 0.1) is 6.92 Å². The molecule has 0 aliphatic carbocycles. The van der Waals surface area contributed by atoms with E-state index in [1.54, 1.807) is 0 Å². The van der Waals surface area contributed by atoms with Crippen LogP contribution >= 0.6 is 15.9 Å². The third-order valence-corrected chi connectivity index (χ3v) is 3.43. The highest BCUT2D eigenvalue weighted by molar-refractivity contribution is 9.10. The first kappa shape index (κ1) is 14.6. The van der Waals surface area contributed by atoms with Gasteiger partial charge in [0.1, 0.15) is 6.04 Å². The Hall–Kier alpha value is -1.81. The van der Waals surface area contributed by atoms with Crippen molar-refractivity contribution in [2.75, 3.05) is 10.6 Å². The number of anilines is 2. The molecular weight excluding hydrogens is 316 g/mol. The van der Waals surface area contributed by atoms with E-state index in [1.165, 1.54) is 0 Å². The van der Waals surface area contributed by atoms with Crippen molar-refractivity contribution in [3.63, 3.8) is 0 Å². The Kier molecular flexibility index (Phi) is 4.79. The second kappa shape index (κ2) is 6.57. The third kappa shape index (κ3) is 4.10. The van der Waals surface area contributed by atoms with Crippen molar-refractivity contribution in [2.24, 2.45) is 0 Å². The monoisotopic (exact) mass is 332 g/mol. The maximum atomic E-state index is 12.1. The van der Waals surface area contributed by atoms with Gasteiger partial charge in [-0.2, -0.15) is 0 Å². The summed E-state index contributed by atoms with van der Waals surface area (Å²) in [6.45, 7) is 3.87. The SMILES string of the molecule is Cc1cccc(N[C@H](C)C(=O)Nc2ccc(Br)cc2)c1. The molecule has 2 N–H and O–H groups in total. The topological polar surface area (TPSA) is 41.1 Å². The predicted octanol–water partition coefficient (Wildman–Crippen LogP) is 4.20. The van der Waals surface area contributed by atoms with Gasteiger partial charge in [-0.3, -0.25) is 4.79 Å². The molecule has 0 heterocycles. The third-order valence-electron chi connectivity index (χ3n) is 2.91. The highest BCUT2D eigenvalue weighted by Gasteiger charge is 2.12. The molecule has 0 aliphatic rings. The van der Waals surface area contributed by atoms with E-state index in [9.17, 15) is 4.79 Å². The summed E-state index contributed by atoms with van der Waals surface area (Å²) in [6.07, 6.45) is 0. The quantitative estimate of drug-likeness (QED) is 0.881. The van der Waals surface area contributed by atoms with Crippen molar-refractivity contribution in [3.05, 3.63) is 58.6 Å². The number of hydrogen-bond acceptors (Lipinski definition) is 2. The van der Waals surface area contributed by atoms with Crippen molar-refractivity contribution in [3.8, 4) is 0 Å². The first-order chi connectivity index (χ1) is 9.54. The van der Waals surface area contributed by atoms with E-state index in [1.807, 2.05) is 62.4 Å². The number of rotatable bonds is 4. The molecule has 0 bridgehead atoms.